The molecular formula is C25H20O5. The zero-order valence-electron chi connectivity index (χ0n) is 16.7. The predicted molar refractivity (Wildman–Crippen MR) is 113 cm³/mol. The maximum atomic E-state index is 12.8. The molecule has 0 aliphatic heterocycles. The number of esters is 1. The zero-order valence-corrected chi connectivity index (χ0v) is 16.7. The van der Waals surface area contributed by atoms with Crippen molar-refractivity contribution in [2.24, 2.45) is 0 Å². The Bertz CT molecular complexity index is 1130. The number of benzene rings is 3. The van der Waals surface area contributed by atoms with Gasteiger partial charge in [-0.3, -0.25) is 4.79 Å². The fourth-order valence-electron chi connectivity index (χ4n) is 3.43. The number of ether oxygens (including phenoxy) is 3. The summed E-state index contributed by atoms with van der Waals surface area (Å²) in [5.41, 5.74) is 3.58. The van der Waals surface area contributed by atoms with Gasteiger partial charge in [0.1, 0.15) is 5.75 Å². The van der Waals surface area contributed by atoms with Crippen molar-refractivity contribution in [3.63, 3.8) is 0 Å². The molecule has 0 heterocycles. The van der Waals surface area contributed by atoms with Crippen LogP contribution in [-0.4, -0.2) is 26.0 Å². The molecule has 3 aromatic carbocycles. The Labute approximate surface area is 174 Å². The van der Waals surface area contributed by atoms with Gasteiger partial charge in [0.25, 0.3) is 0 Å². The third kappa shape index (κ3) is 3.82. The Morgan fingerprint density at radius 3 is 2.23 bits per heavy atom. The third-order valence-corrected chi connectivity index (χ3v) is 4.97. The maximum absolute atomic E-state index is 12.8. The SMILES string of the molecule is COc1cc2c(cc1OC)C(=O)/C(=C/c1ccc(OC(=O)c3ccccc3)cc1)C2. The molecular weight excluding hydrogens is 380 g/mol. The molecule has 0 N–H and O–H groups in total. The molecule has 0 atom stereocenters. The molecule has 0 amide bonds. The molecule has 0 fully saturated rings. The number of allylic oxidation sites excluding steroid dienone is 1. The molecule has 0 unspecified atom stereocenters. The monoisotopic (exact) mass is 400 g/mol. The van der Waals surface area contributed by atoms with Gasteiger partial charge in [-0.2, -0.15) is 0 Å². The van der Waals surface area contributed by atoms with Crippen LogP contribution in [0.1, 0.15) is 31.8 Å². The Morgan fingerprint density at radius 1 is 0.900 bits per heavy atom. The molecule has 0 aromatic heterocycles. The molecule has 30 heavy (non-hydrogen) atoms. The number of rotatable bonds is 5. The molecule has 150 valence electrons. The number of methoxy groups -OCH3 is 2. The van der Waals surface area contributed by atoms with Crippen LogP contribution in [0.3, 0.4) is 0 Å². The smallest absolute Gasteiger partial charge is 0.343 e. The van der Waals surface area contributed by atoms with E-state index in [9.17, 15) is 9.59 Å². The quantitative estimate of drug-likeness (QED) is 0.352. The van der Waals surface area contributed by atoms with Crippen molar-refractivity contribution in [2.75, 3.05) is 14.2 Å². The average molecular weight is 400 g/mol. The summed E-state index contributed by atoms with van der Waals surface area (Å²) < 4.78 is 16.0. The van der Waals surface area contributed by atoms with E-state index in [-0.39, 0.29) is 5.78 Å². The van der Waals surface area contributed by atoms with Gasteiger partial charge in [0.2, 0.25) is 0 Å². The Morgan fingerprint density at radius 2 is 1.57 bits per heavy atom. The van der Waals surface area contributed by atoms with Crippen molar-refractivity contribution in [1.82, 2.24) is 0 Å². The summed E-state index contributed by atoms with van der Waals surface area (Å²) in [6, 6.07) is 19.5. The van der Waals surface area contributed by atoms with Gasteiger partial charge >= 0.3 is 5.97 Å². The van der Waals surface area contributed by atoms with Crippen molar-refractivity contribution in [3.8, 4) is 17.2 Å². The second-order valence-electron chi connectivity index (χ2n) is 6.86. The van der Waals surface area contributed by atoms with Crippen LogP contribution >= 0.6 is 0 Å². The van der Waals surface area contributed by atoms with E-state index in [0.29, 0.717) is 40.4 Å². The number of ketones is 1. The molecule has 4 rings (SSSR count). The number of fused-ring (bicyclic) bond motifs is 1. The Hall–Kier alpha value is -3.86. The molecule has 1 aliphatic rings. The summed E-state index contributed by atoms with van der Waals surface area (Å²) in [5.74, 6) is 1.16. The fraction of sp³-hybridized carbons (Fsp3) is 0.120. The molecule has 3 aromatic rings. The standard InChI is InChI=1S/C25H20O5/c1-28-22-14-18-13-19(24(26)21(18)15-23(22)29-2)12-16-8-10-20(11-9-16)30-25(27)17-6-4-3-5-7-17/h3-12,14-15H,13H2,1-2H3/b19-12+. The van der Waals surface area contributed by atoms with Crippen molar-refractivity contribution in [3.05, 3.63) is 94.6 Å². The number of hydrogen-bond acceptors (Lipinski definition) is 5. The van der Waals surface area contributed by atoms with Gasteiger partial charge in [0, 0.05) is 17.6 Å². The minimum atomic E-state index is -0.411. The minimum Gasteiger partial charge on any atom is -0.493 e. The number of carbonyl (C=O) groups is 2. The van der Waals surface area contributed by atoms with E-state index in [1.54, 1.807) is 56.7 Å². The molecule has 0 saturated heterocycles. The van der Waals surface area contributed by atoms with Gasteiger partial charge < -0.3 is 14.2 Å². The molecule has 1 aliphatic carbocycles. The van der Waals surface area contributed by atoms with Crippen molar-refractivity contribution in [1.29, 1.82) is 0 Å². The molecule has 0 radical (unpaired) electrons. The van der Waals surface area contributed by atoms with E-state index in [0.717, 1.165) is 11.1 Å². The van der Waals surface area contributed by atoms with E-state index in [2.05, 4.69) is 0 Å². The largest absolute Gasteiger partial charge is 0.493 e. The molecule has 0 bridgehead atoms. The van der Waals surface area contributed by atoms with Crippen molar-refractivity contribution >= 4 is 17.8 Å². The lowest BCUT2D eigenvalue weighted by Crippen LogP contribution is -2.07. The predicted octanol–water partition coefficient (Wildman–Crippen LogP) is 4.75. The summed E-state index contributed by atoms with van der Waals surface area (Å²) in [4.78, 5) is 25.0. The first-order valence-corrected chi connectivity index (χ1v) is 9.46. The Kier molecular flexibility index (Phi) is 5.35. The van der Waals surface area contributed by atoms with E-state index in [4.69, 9.17) is 14.2 Å². The first-order chi connectivity index (χ1) is 14.6. The molecule has 0 spiro atoms. The minimum absolute atomic E-state index is 0.0227. The highest BCUT2D eigenvalue weighted by atomic mass is 16.5. The number of carbonyl (C=O) groups excluding carboxylic acids is 2. The zero-order chi connectivity index (χ0) is 21.1. The highest BCUT2D eigenvalue weighted by Gasteiger charge is 2.27. The Balaban J connectivity index is 1.51. The summed E-state index contributed by atoms with van der Waals surface area (Å²) in [6.07, 6.45) is 2.38. The van der Waals surface area contributed by atoms with Gasteiger partial charge in [-0.1, -0.05) is 30.3 Å². The van der Waals surface area contributed by atoms with E-state index in [1.165, 1.54) is 0 Å². The van der Waals surface area contributed by atoms with Gasteiger partial charge in [0.05, 0.1) is 19.8 Å². The lowest BCUT2D eigenvalue weighted by Gasteiger charge is -2.08. The van der Waals surface area contributed by atoms with Crippen LogP contribution in [0.2, 0.25) is 0 Å². The van der Waals surface area contributed by atoms with Gasteiger partial charge in [0.15, 0.2) is 17.3 Å². The molecule has 0 saturated carbocycles. The lowest BCUT2D eigenvalue weighted by atomic mass is 10.1. The van der Waals surface area contributed by atoms with E-state index < -0.39 is 5.97 Å². The topological polar surface area (TPSA) is 61.8 Å². The van der Waals surface area contributed by atoms with E-state index >= 15 is 0 Å². The average Bonchev–Trinajstić information content (AvgIpc) is 3.08. The van der Waals surface area contributed by atoms with Crippen LogP contribution < -0.4 is 14.2 Å². The summed E-state index contributed by atoms with van der Waals surface area (Å²) >= 11 is 0. The van der Waals surface area contributed by atoms with E-state index in [1.807, 2.05) is 30.3 Å². The highest BCUT2D eigenvalue weighted by Crippen LogP contribution is 2.37. The van der Waals surface area contributed by atoms with Crippen LogP contribution in [0.5, 0.6) is 17.2 Å². The second-order valence-corrected chi connectivity index (χ2v) is 6.86. The van der Waals surface area contributed by atoms with Gasteiger partial charge in [-0.25, -0.2) is 4.79 Å². The summed E-state index contributed by atoms with van der Waals surface area (Å²) in [5, 5.41) is 0. The van der Waals surface area contributed by atoms with Gasteiger partial charge in [-0.05, 0) is 53.6 Å². The van der Waals surface area contributed by atoms with Gasteiger partial charge in [-0.15, -0.1) is 0 Å². The molecule has 5 heteroatoms. The van der Waals surface area contributed by atoms with Crippen LogP contribution in [-0.2, 0) is 6.42 Å². The summed E-state index contributed by atoms with van der Waals surface area (Å²) in [6.45, 7) is 0. The third-order valence-electron chi connectivity index (χ3n) is 4.97. The van der Waals surface area contributed by atoms with Crippen LogP contribution in [0.4, 0.5) is 0 Å². The second kappa shape index (κ2) is 8.25. The summed E-state index contributed by atoms with van der Waals surface area (Å²) in [7, 11) is 3.12. The van der Waals surface area contributed by atoms with Crippen LogP contribution in [0.15, 0.2) is 72.3 Å². The first-order valence-electron chi connectivity index (χ1n) is 9.46. The fourth-order valence-corrected chi connectivity index (χ4v) is 3.43. The number of Topliss-reactive ketones (excluding diaryl/α,β-unsaturated/α-hetero) is 1. The van der Waals surface area contributed by atoms with Crippen LogP contribution in [0, 0.1) is 0 Å². The first kappa shape index (κ1) is 19.5. The normalized spacial score (nSPS) is 13.8. The van der Waals surface area contributed by atoms with Crippen LogP contribution in [0.25, 0.3) is 6.08 Å². The lowest BCUT2D eigenvalue weighted by molar-refractivity contribution is 0.0734. The maximum Gasteiger partial charge on any atom is 0.343 e. The van der Waals surface area contributed by atoms with Crippen molar-refractivity contribution < 1.29 is 23.8 Å². The highest BCUT2D eigenvalue weighted by molar-refractivity contribution is 6.16. The molecule has 5 nitrogen and oxygen atoms in total. The van der Waals surface area contributed by atoms with Crippen molar-refractivity contribution in [2.45, 2.75) is 6.42 Å². The number of hydrogen-bond donors (Lipinski definition) is 0.